The van der Waals surface area contributed by atoms with Crippen molar-refractivity contribution in [2.24, 2.45) is 0 Å². The van der Waals surface area contributed by atoms with E-state index in [1.807, 2.05) is 0 Å². The third kappa shape index (κ3) is 10.5. The fourth-order valence-corrected chi connectivity index (χ4v) is 4.02. The predicted octanol–water partition coefficient (Wildman–Crippen LogP) is 5.66. The summed E-state index contributed by atoms with van der Waals surface area (Å²) in [4.78, 5) is 31.8. The molecule has 0 N–H and O–H groups in total. The maximum absolute atomic E-state index is 13.2. The summed E-state index contributed by atoms with van der Waals surface area (Å²) < 4.78 is 34.0. The van der Waals surface area contributed by atoms with Crippen LogP contribution >= 0.6 is 19.4 Å². The van der Waals surface area contributed by atoms with Gasteiger partial charge in [0, 0.05) is 30.7 Å². The number of rotatable bonds is 16. The second-order valence-electron chi connectivity index (χ2n) is 7.11. The summed E-state index contributed by atoms with van der Waals surface area (Å²) in [5, 5.41) is 21.6. The Bertz CT molecular complexity index is 968. The number of hydrogen-bond acceptors (Lipinski definition) is 10. The fraction of sp³-hybridized carbons (Fsp3) is 0.381. The Hall–Kier alpha value is -2.89. The number of non-ortho nitro benzene ring substituents is 2. The van der Waals surface area contributed by atoms with Gasteiger partial charge in [-0.05, 0) is 48.2 Å². The minimum absolute atomic E-state index is 0.0162. The van der Waals surface area contributed by atoms with Crippen LogP contribution in [-0.2, 0) is 40.9 Å². The summed E-state index contributed by atoms with van der Waals surface area (Å²) in [6.07, 6.45) is 1.76. The van der Waals surface area contributed by atoms with Crippen molar-refractivity contribution in [2.45, 2.75) is 38.9 Å². The summed E-state index contributed by atoms with van der Waals surface area (Å²) in [6.45, 7) is -0.373. The van der Waals surface area contributed by atoms with Gasteiger partial charge in [-0.2, -0.15) is 0 Å². The molecular formula is C21H24ClN2O10P. The molecule has 0 unspecified atom stereocenters. The highest BCUT2D eigenvalue weighted by Gasteiger charge is 2.27. The summed E-state index contributed by atoms with van der Waals surface area (Å²) in [6, 6.07) is 10.8. The summed E-state index contributed by atoms with van der Waals surface area (Å²) in [5.74, 6) is -0.413. The van der Waals surface area contributed by atoms with Gasteiger partial charge >= 0.3 is 13.8 Å². The molecule has 0 saturated carbocycles. The number of unbranched alkanes of at least 4 members (excludes halogenated alkanes) is 2. The first-order valence-electron chi connectivity index (χ1n) is 10.4. The number of alkyl halides is 1. The smallest absolute Gasteiger partial charge is 0.449 e. The van der Waals surface area contributed by atoms with E-state index in [1.54, 1.807) is 0 Å². The molecule has 14 heteroatoms. The minimum atomic E-state index is -4.07. The van der Waals surface area contributed by atoms with Crippen LogP contribution in [0, 0.1) is 20.2 Å². The Labute approximate surface area is 206 Å². The van der Waals surface area contributed by atoms with Crippen molar-refractivity contribution in [1.29, 1.82) is 0 Å². The lowest BCUT2D eigenvalue weighted by Gasteiger charge is -2.18. The molecular weight excluding hydrogens is 507 g/mol. The van der Waals surface area contributed by atoms with Crippen molar-refractivity contribution < 1.29 is 37.5 Å². The molecule has 0 fully saturated rings. The topological polar surface area (TPSA) is 157 Å². The normalized spacial score (nSPS) is 11.2. The van der Waals surface area contributed by atoms with E-state index < -0.39 is 23.6 Å². The third-order valence-corrected chi connectivity index (χ3v) is 6.06. The van der Waals surface area contributed by atoms with Gasteiger partial charge in [-0.1, -0.05) is 18.0 Å². The average molecular weight is 531 g/mol. The molecule has 0 saturated heterocycles. The Morgan fingerprint density at radius 1 is 0.800 bits per heavy atom. The highest BCUT2D eigenvalue weighted by Crippen LogP contribution is 2.51. The van der Waals surface area contributed by atoms with Gasteiger partial charge in [0.15, 0.2) is 6.07 Å². The molecule has 0 aliphatic rings. The van der Waals surface area contributed by atoms with Crippen LogP contribution in [0.5, 0.6) is 0 Å². The third-order valence-electron chi connectivity index (χ3n) is 4.56. The lowest BCUT2D eigenvalue weighted by Crippen LogP contribution is -2.04. The van der Waals surface area contributed by atoms with E-state index >= 15 is 0 Å². The van der Waals surface area contributed by atoms with Crippen molar-refractivity contribution in [3.63, 3.8) is 0 Å². The number of phosphoric acid groups is 1. The van der Waals surface area contributed by atoms with Gasteiger partial charge in [0.05, 0.1) is 29.7 Å². The summed E-state index contributed by atoms with van der Waals surface area (Å²) in [7, 11) is -4.07. The van der Waals surface area contributed by atoms with E-state index in [0.29, 0.717) is 30.4 Å². The van der Waals surface area contributed by atoms with Gasteiger partial charge in [-0.3, -0.25) is 38.6 Å². The zero-order valence-electron chi connectivity index (χ0n) is 18.6. The molecule has 0 amide bonds. The number of carbonyl (C=O) groups excluding carboxylic acids is 1. The summed E-state index contributed by atoms with van der Waals surface area (Å²) >= 11 is 5.32. The molecule has 0 bridgehead atoms. The van der Waals surface area contributed by atoms with Crippen LogP contribution in [0.3, 0.4) is 0 Å². The molecule has 12 nitrogen and oxygen atoms in total. The van der Waals surface area contributed by atoms with Gasteiger partial charge in [-0.25, -0.2) is 4.57 Å². The van der Waals surface area contributed by atoms with E-state index in [1.165, 1.54) is 48.5 Å². The molecule has 0 aromatic heterocycles. The van der Waals surface area contributed by atoms with Crippen LogP contribution in [0.4, 0.5) is 11.4 Å². The van der Waals surface area contributed by atoms with Crippen LogP contribution < -0.4 is 0 Å². The number of phosphoric ester groups is 1. The number of hydrogen-bond donors (Lipinski definition) is 0. The SMILES string of the molecule is O=C(CCCCCOP(=O)(OCc1ccc([N+](=O)[O-])cc1)OCc1ccc([N+](=O)[O-])cc1)OCCl. The lowest BCUT2D eigenvalue weighted by molar-refractivity contribution is -0.385. The number of nitro benzene ring substituents is 2. The fourth-order valence-electron chi connectivity index (χ4n) is 2.70. The molecule has 190 valence electrons. The standard InChI is InChI=1S/C21H24ClN2O10P/c22-16-31-21(25)4-2-1-3-13-32-35(30,33-14-17-5-9-19(10-6-17)23(26)27)34-15-18-7-11-20(12-8-18)24(28)29/h5-12H,1-4,13-16H2. The van der Waals surface area contributed by atoms with Gasteiger partial charge in [0.2, 0.25) is 0 Å². The molecule has 2 rings (SSSR count). The molecule has 0 aliphatic carbocycles. The van der Waals surface area contributed by atoms with E-state index in [4.69, 9.17) is 25.2 Å². The number of nitro groups is 2. The number of ether oxygens (including phenoxy) is 1. The number of benzene rings is 2. The maximum atomic E-state index is 13.2. The minimum Gasteiger partial charge on any atom is -0.449 e. The van der Waals surface area contributed by atoms with Crippen molar-refractivity contribution >= 4 is 36.8 Å². The van der Waals surface area contributed by atoms with E-state index in [9.17, 15) is 29.6 Å². The Kier molecular flexibility index (Phi) is 11.7. The largest absolute Gasteiger partial charge is 0.475 e. The van der Waals surface area contributed by atoms with Crippen LogP contribution in [0.25, 0.3) is 0 Å². The maximum Gasteiger partial charge on any atom is 0.475 e. The van der Waals surface area contributed by atoms with Gasteiger partial charge < -0.3 is 4.74 Å². The predicted molar refractivity (Wildman–Crippen MR) is 125 cm³/mol. The first-order valence-corrected chi connectivity index (χ1v) is 12.4. The van der Waals surface area contributed by atoms with Crippen LogP contribution in [0.1, 0.15) is 36.8 Å². The number of nitrogens with zero attached hydrogens (tertiary/aromatic N) is 2. The quantitative estimate of drug-likeness (QED) is 0.0661. The molecule has 35 heavy (non-hydrogen) atoms. The Morgan fingerprint density at radius 3 is 1.71 bits per heavy atom. The highest BCUT2D eigenvalue weighted by atomic mass is 35.5. The first kappa shape index (κ1) is 28.3. The van der Waals surface area contributed by atoms with Crippen molar-refractivity contribution in [3.05, 3.63) is 79.9 Å². The molecule has 0 radical (unpaired) electrons. The van der Waals surface area contributed by atoms with Gasteiger partial charge in [0.25, 0.3) is 11.4 Å². The van der Waals surface area contributed by atoms with Crippen molar-refractivity contribution in [3.8, 4) is 0 Å². The molecule has 2 aromatic carbocycles. The van der Waals surface area contributed by atoms with Crippen LogP contribution in [0.2, 0.25) is 0 Å². The van der Waals surface area contributed by atoms with Crippen molar-refractivity contribution in [2.75, 3.05) is 12.7 Å². The molecule has 0 spiro atoms. The first-order chi connectivity index (χ1) is 16.7. The molecule has 2 aromatic rings. The van der Waals surface area contributed by atoms with E-state index in [-0.39, 0.29) is 43.7 Å². The Morgan fingerprint density at radius 2 is 1.29 bits per heavy atom. The van der Waals surface area contributed by atoms with E-state index in [0.717, 1.165) is 0 Å². The molecule has 0 heterocycles. The monoisotopic (exact) mass is 530 g/mol. The van der Waals surface area contributed by atoms with Gasteiger partial charge in [0.1, 0.15) is 0 Å². The van der Waals surface area contributed by atoms with E-state index in [2.05, 4.69) is 4.74 Å². The zero-order valence-corrected chi connectivity index (χ0v) is 20.2. The number of carbonyl (C=O) groups is 1. The zero-order chi connectivity index (χ0) is 25.7. The molecule has 0 aliphatic heterocycles. The molecule has 0 atom stereocenters. The highest BCUT2D eigenvalue weighted by molar-refractivity contribution is 7.48. The van der Waals surface area contributed by atoms with Crippen LogP contribution in [-0.4, -0.2) is 28.5 Å². The lowest BCUT2D eigenvalue weighted by atomic mass is 10.2. The second-order valence-corrected chi connectivity index (χ2v) is 9.00. The van der Waals surface area contributed by atoms with Crippen LogP contribution in [0.15, 0.2) is 48.5 Å². The Balaban J connectivity index is 1.94. The number of esters is 1. The summed E-state index contributed by atoms with van der Waals surface area (Å²) in [5.41, 5.74) is 0.822. The van der Waals surface area contributed by atoms with Crippen molar-refractivity contribution in [1.82, 2.24) is 0 Å². The number of halogens is 1. The second kappa shape index (κ2) is 14.5. The van der Waals surface area contributed by atoms with Gasteiger partial charge in [-0.15, -0.1) is 0 Å². The average Bonchev–Trinajstić information content (AvgIpc) is 2.84.